The number of piperazine rings is 1. The Morgan fingerprint density at radius 1 is 1.00 bits per heavy atom. The highest BCUT2D eigenvalue weighted by Crippen LogP contribution is 2.31. The van der Waals surface area contributed by atoms with Crippen LogP contribution in [0.5, 0.6) is 0 Å². The van der Waals surface area contributed by atoms with Crippen LogP contribution in [0.2, 0.25) is 0 Å². The second-order valence-corrected chi connectivity index (χ2v) is 8.16. The summed E-state index contributed by atoms with van der Waals surface area (Å²) in [6, 6.07) is 16.3. The monoisotopic (exact) mass is 376 g/mol. The average Bonchev–Trinajstić information content (AvgIpc) is 3.14. The van der Waals surface area contributed by atoms with Crippen LogP contribution in [-0.4, -0.2) is 49.0 Å². The van der Waals surface area contributed by atoms with Crippen molar-refractivity contribution >= 4 is 28.2 Å². The van der Waals surface area contributed by atoms with E-state index in [0.29, 0.717) is 0 Å². The number of rotatable bonds is 4. The van der Waals surface area contributed by atoms with Gasteiger partial charge in [0.25, 0.3) is 0 Å². The van der Waals surface area contributed by atoms with Gasteiger partial charge < -0.3 is 20.1 Å². The molecule has 28 heavy (non-hydrogen) atoms. The van der Waals surface area contributed by atoms with Gasteiger partial charge in [0.05, 0.1) is 5.41 Å². The van der Waals surface area contributed by atoms with Gasteiger partial charge in [0.1, 0.15) is 0 Å². The number of likely N-dealkylation sites (N-methyl/N-ethyl adjacent to an activating group) is 1. The zero-order valence-corrected chi connectivity index (χ0v) is 16.8. The number of aromatic nitrogens is 1. The zero-order chi connectivity index (χ0) is 19.7. The van der Waals surface area contributed by atoms with Crippen molar-refractivity contribution < 1.29 is 4.79 Å². The second-order valence-electron chi connectivity index (χ2n) is 8.16. The van der Waals surface area contributed by atoms with Crippen LogP contribution in [-0.2, 0) is 10.2 Å². The van der Waals surface area contributed by atoms with Gasteiger partial charge >= 0.3 is 0 Å². The number of nitrogens with one attached hydrogen (secondary N) is 2. The fourth-order valence-electron chi connectivity index (χ4n) is 3.82. The molecule has 2 aromatic carbocycles. The number of hydrogen-bond acceptors (Lipinski definition) is 3. The average molecular weight is 377 g/mol. The predicted octanol–water partition coefficient (Wildman–Crippen LogP) is 3.84. The minimum atomic E-state index is -0.643. The summed E-state index contributed by atoms with van der Waals surface area (Å²) < 4.78 is 0. The largest absolute Gasteiger partial charge is 0.369 e. The third kappa shape index (κ3) is 3.50. The van der Waals surface area contributed by atoms with Crippen molar-refractivity contribution in [2.45, 2.75) is 19.3 Å². The van der Waals surface area contributed by atoms with Crippen LogP contribution in [0, 0.1) is 0 Å². The number of benzene rings is 2. The summed E-state index contributed by atoms with van der Waals surface area (Å²) >= 11 is 0. The Hall–Kier alpha value is -2.79. The number of carbonyl (C=O) groups is 1. The van der Waals surface area contributed by atoms with Crippen LogP contribution in [0.4, 0.5) is 11.4 Å². The van der Waals surface area contributed by atoms with Gasteiger partial charge in [0, 0.05) is 54.7 Å². The molecule has 2 heterocycles. The Labute approximate surface area is 166 Å². The number of para-hydroxylation sites is 1. The van der Waals surface area contributed by atoms with Crippen LogP contribution in [0.25, 0.3) is 10.9 Å². The van der Waals surface area contributed by atoms with Gasteiger partial charge in [-0.2, -0.15) is 0 Å². The molecular formula is C23H28N4O. The number of hydrogen-bond donors (Lipinski definition) is 2. The van der Waals surface area contributed by atoms with E-state index in [1.165, 1.54) is 5.69 Å². The maximum atomic E-state index is 13.1. The number of aromatic amines is 1. The molecule has 5 heteroatoms. The lowest BCUT2D eigenvalue weighted by atomic mass is 9.83. The molecule has 2 N–H and O–H groups in total. The van der Waals surface area contributed by atoms with E-state index in [1.807, 2.05) is 50.4 Å². The molecule has 1 aliphatic heterocycles. The van der Waals surface area contributed by atoms with Crippen LogP contribution in [0.3, 0.4) is 0 Å². The smallest absolute Gasteiger partial charge is 0.234 e. The summed E-state index contributed by atoms with van der Waals surface area (Å²) in [5, 5.41) is 4.18. The first-order valence-electron chi connectivity index (χ1n) is 9.87. The van der Waals surface area contributed by atoms with Crippen LogP contribution < -0.4 is 10.2 Å². The number of anilines is 2. The van der Waals surface area contributed by atoms with Gasteiger partial charge in [-0.15, -0.1) is 0 Å². The molecule has 0 radical (unpaired) electrons. The molecule has 0 unspecified atom stereocenters. The molecule has 1 amide bonds. The molecule has 3 aromatic rings. The topological polar surface area (TPSA) is 51.4 Å². The molecule has 0 bridgehead atoms. The van der Waals surface area contributed by atoms with Crippen LogP contribution in [0.15, 0.2) is 54.7 Å². The normalized spacial score (nSPS) is 15.8. The third-order valence-corrected chi connectivity index (χ3v) is 5.82. The molecule has 1 saturated heterocycles. The first-order chi connectivity index (χ1) is 13.4. The molecule has 4 rings (SSSR count). The molecule has 1 aromatic heterocycles. The van der Waals surface area contributed by atoms with Gasteiger partial charge in [-0.1, -0.05) is 18.2 Å². The van der Waals surface area contributed by atoms with Gasteiger partial charge in [0.15, 0.2) is 0 Å². The SMILES string of the molecule is CN1CCN(c2ccc(NC(=O)C(C)(C)c3c[nH]c4ccccc34)cc2)CC1. The van der Waals surface area contributed by atoms with Crippen molar-refractivity contribution in [3.63, 3.8) is 0 Å². The Kier molecular flexibility index (Phi) is 4.85. The first-order valence-corrected chi connectivity index (χ1v) is 9.87. The minimum Gasteiger partial charge on any atom is -0.369 e. The van der Waals surface area contributed by atoms with E-state index in [1.54, 1.807) is 0 Å². The minimum absolute atomic E-state index is 0.00963. The van der Waals surface area contributed by atoms with Crippen molar-refractivity contribution in [1.29, 1.82) is 0 Å². The summed E-state index contributed by atoms with van der Waals surface area (Å²) in [7, 11) is 2.16. The van der Waals surface area contributed by atoms with Gasteiger partial charge in [-0.3, -0.25) is 4.79 Å². The second kappa shape index (κ2) is 7.32. The fourth-order valence-corrected chi connectivity index (χ4v) is 3.82. The van der Waals surface area contributed by atoms with Crippen molar-refractivity contribution in [3.05, 3.63) is 60.3 Å². The van der Waals surface area contributed by atoms with E-state index in [2.05, 4.69) is 45.3 Å². The van der Waals surface area contributed by atoms with Crippen molar-refractivity contribution in [2.75, 3.05) is 43.4 Å². The quantitative estimate of drug-likeness (QED) is 0.727. The fraction of sp³-hybridized carbons (Fsp3) is 0.348. The van der Waals surface area contributed by atoms with E-state index in [9.17, 15) is 4.79 Å². The molecule has 146 valence electrons. The highest BCUT2D eigenvalue weighted by atomic mass is 16.2. The number of amides is 1. The van der Waals surface area contributed by atoms with E-state index in [-0.39, 0.29) is 5.91 Å². The molecule has 5 nitrogen and oxygen atoms in total. The summed E-state index contributed by atoms with van der Waals surface area (Å²) in [5.41, 5.74) is 3.46. The highest BCUT2D eigenvalue weighted by Gasteiger charge is 2.32. The molecule has 0 saturated carbocycles. The lowest BCUT2D eigenvalue weighted by Gasteiger charge is -2.34. The maximum absolute atomic E-state index is 13.1. The zero-order valence-electron chi connectivity index (χ0n) is 16.8. The van der Waals surface area contributed by atoms with Crippen molar-refractivity contribution in [1.82, 2.24) is 9.88 Å². The lowest BCUT2D eigenvalue weighted by Crippen LogP contribution is -2.44. The van der Waals surface area contributed by atoms with Gasteiger partial charge in [-0.25, -0.2) is 0 Å². The predicted molar refractivity (Wildman–Crippen MR) is 116 cm³/mol. The van der Waals surface area contributed by atoms with E-state index in [0.717, 1.165) is 48.3 Å². The molecule has 1 aliphatic rings. The molecule has 0 atom stereocenters. The summed E-state index contributed by atoms with van der Waals surface area (Å²) in [5.74, 6) is -0.00963. The van der Waals surface area contributed by atoms with E-state index < -0.39 is 5.41 Å². The van der Waals surface area contributed by atoms with E-state index in [4.69, 9.17) is 0 Å². The van der Waals surface area contributed by atoms with Crippen LogP contribution in [0.1, 0.15) is 19.4 Å². The summed E-state index contributed by atoms with van der Waals surface area (Å²) in [4.78, 5) is 21.1. The van der Waals surface area contributed by atoms with Crippen molar-refractivity contribution in [3.8, 4) is 0 Å². The number of nitrogens with zero attached hydrogens (tertiary/aromatic N) is 2. The molecule has 0 spiro atoms. The Balaban J connectivity index is 1.48. The summed E-state index contributed by atoms with van der Waals surface area (Å²) in [6.45, 7) is 8.17. The number of fused-ring (bicyclic) bond motifs is 1. The maximum Gasteiger partial charge on any atom is 0.234 e. The van der Waals surface area contributed by atoms with Crippen LogP contribution >= 0.6 is 0 Å². The lowest BCUT2D eigenvalue weighted by molar-refractivity contribution is -0.120. The van der Waals surface area contributed by atoms with Gasteiger partial charge in [-0.05, 0) is 56.8 Å². The van der Waals surface area contributed by atoms with E-state index >= 15 is 0 Å². The van der Waals surface area contributed by atoms with Gasteiger partial charge in [0.2, 0.25) is 5.91 Å². The summed E-state index contributed by atoms with van der Waals surface area (Å²) in [6.07, 6.45) is 1.95. The molecule has 0 aliphatic carbocycles. The first kappa shape index (κ1) is 18.6. The number of carbonyl (C=O) groups excluding carboxylic acids is 1. The number of H-pyrrole nitrogens is 1. The van der Waals surface area contributed by atoms with Crippen molar-refractivity contribution in [2.24, 2.45) is 0 Å². The Morgan fingerprint density at radius 2 is 1.68 bits per heavy atom. The third-order valence-electron chi connectivity index (χ3n) is 5.82. The molecular weight excluding hydrogens is 348 g/mol. The Bertz CT molecular complexity index is 966. The Morgan fingerprint density at radius 3 is 2.39 bits per heavy atom. The highest BCUT2D eigenvalue weighted by molar-refractivity contribution is 6.01. The standard InChI is InChI=1S/C23H28N4O/c1-23(2,20-16-24-21-7-5-4-6-19(20)21)22(28)25-17-8-10-18(11-9-17)27-14-12-26(3)13-15-27/h4-11,16,24H,12-15H2,1-3H3,(H,25,28). The molecule has 1 fully saturated rings.